The molecule has 0 aromatic rings. The van der Waals surface area contributed by atoms with E-state index in [0.29, 0.717) is 18.9 Å². The van der Waals surface area contributed by atoms with E-state index in [4.69, 9.17) is 9.47 Å². The number of carbonyl (C=O) groups excluding carboxylic acids is 1. The number of rotatable bonds is 9. The van der Waals surface area contributed by atoms with Crippen LogP contribution in [0.4, 0.5) is 0 Å². The van der Waals surface area contributed by atoms with E-state index >= 15 is 0 Å². The van der Waals surface area contributed by atoms with Crippen LogP contribution in [0.3, 0.4) is 0 Å². The van der Waals surface area contributed by atoms with Crippen molar-refractivity contribution in [2.75, 3.05) is 27.3 Å². The predicted octanol–water partition coefficient (Wildman–Crippen LogP) is 0.746. The smallest absolute Gasteiger partial charge is 0.221 e. The van der Waals surface area contributed by atoms with E-state index in [1.165, 1.54) is 0 Å². The standard InChI is InChI=1S/C12H26N2O3/c1-9(2)8-14-11(15)6-7-13-10(3)12(16-4)17-5/h9-10,12-13H,6-8H2,1-5H3,(H,14,15). The molecule has 0 aromatic carbocycles. The van der Waals surface area contributed by atoms with Gasteiger partial charge in [0.1, 0.15) is 0 Å². The van der Waals surface area contributed by atoms with E-state index in [1.807, 2.05) is 6.92 Å². The molecule has 0 fully saturated rings. The van der Waals surface area contributed by atoms with Gasteiger partial charge in [-0.3, -0.25) is 4.79 Å². The summed E-state index contributed by atoms with van der Waals surface area (Å²) in [5, 5.41) is 6.06. The monoisotopic (exact) mass is 246 g/mol. The molecule has 0 heterocycles. The summed E-state index contributed by atoms with van der Waals surface area (Å²) in [5.41, 5.74) is 0. The van der Waals surface area contributed by atoms with Crippen molar-refractivity contribution in [2.24, 2.45) is 5.92 Å². The zero-order valence-corrected chi connectivity index (χ0v) is 11.6. The van der Waals surface area contributed by atoms with E-state index in [0.717, 1.165) is 6.54 Å². The van der Waals surface area contributed by atoms with Crippen molar-refractivity contribution in [2.45, 2.75) is 39.5 Å². The molecule has 0 rings (SSSR count). The zero-order chi connectivity index (χ0) is 13.3. The molecule has 5 heteroatoms. The summed E-state index contributed by atoms with van der Waals surface area (Å²) in [6, 6.07) is 0.0582. The Morgan fingerprint density at radius 2 is 1.76 bits per heavy atom. The van der Waals surface area contributed by atoms with Gasteiger partial charge in [-0.15, -0.1) is 0 Å². The van der Waals surface area contributed by atoms with Crippen molar-refractivity contribution in [3.05, 3.63) is 0 Å². The van der Waals surface area contributed by atoms with Crippen molar-refractivity contribution in [3.63, 3.8) is 0 Å². The molecular weight excluding hydrogens is 220 g/mol. The number of nitrogens with one attached hydrogen (secondary N) is 2. The molecule has 1 amide bonds. The molecule has 0 aromatic heterocycles. The van der Waals surface area contributed by atoms with E-state index in [2.05, 4.69) is 24.5 Å². The van der Waals surface area contributed by atoms with Crippen LogP contribution in [0.5, 0.6) is 0 Å². The van der Waals surface area contributed by atoms with Crippen molar-refractivity contribution in [1.29, 1.82) is 0 Å². The Morgan fingerprint density at radius 3 is 2.24 bits per heavy atom. The van der Waals surface area contributed by atoms with Crippen LogP contribution in [0.25, 0.3) is 0 Å². The van der Waals surface area contributed by atoms with Gasteiger partial charge in [-0.2, -0.15) is 0 Å². The van der Waals surface area contributed by atoms with Gasteiger partial charge in [-0.25, -0.2) is 0 Å². The molecule has 102 valence electrons. The third kappa shape index (κ3) is 8.12. The lowest BCUT2D eigenvalue weighted by Crippen LogP contribution is -2.41. The highest BCUT2D eigenvalue weighted by Crippen LogP contribution is 1.98. The van der Waals surface area contributed by atoms with E-state index < -0.39 is 0 Å². The molecule has 17 heavy (non-hydrogen) atoms. The summed E-state index contributed by atoms with van der Waals surface area (Å²) in [6.45, 7) is 7.45. The minimum atomic E-state index is -0.284. The van der Waals surface area contributed by atoms with Gasteiger partial charge in [-0.1, -0.05) is 13.8 Å². The van der Waals surface area contributed by atoms with E-state index in [9.17, 15) is 4.79 Å². The van der Waals surface area contributed by atoms with Gasteiger partial charge < -0.3 is 20.1 Å². The third-order valence-corrected chi connectivity index (χ3v) is 2.40. The quantitative estimate of drug-likeness (QED) is 0.589. The Balaban J connectivity index is 3.65. The van der Waals surface area contributed by atoms with Crippen molar-refractivity contribution in [3.8, 4) is 0 Å². The molecule has 0 radical (unpaired) electrons. The number of carbonyl (C=O) groups is 1. The first-order valence-corrected chi connectivity index (χ1v) is 6.06. The first-order valence-electron chi connectivity index (χ1n) is 6.06. The highest BCUT2D eigenvalue weighted by atomic mass is 16.7. The Kier molecular flexibility index (Phi) is 9.03. The average molecular weight is 246 g/mol. The Bertz CT molecular complexity index is 206. The van der Waals surface area contributed by atoms with Crippen LogP contribution in [0.1, 0.15) is 27.2 Å². The lowest BCUT2D eigenvalue weighted by Gasteiger charge is -2.22. The van der Waals surface area contributed by atoms with Crippen molar-refractivity contribution < 1.29 is 14.3 Å². The van der Waals surface area contributed by atoms with Gasteiger partial charge in [0.15, 0.2) is 6.29 Å². The number of amides is 1. The van der Waals surface area contributed by atoms with Crippen molar-refractivity contribution in [1.82, 2.24) is 10.6 Å². The molecule has 0 bridgehead atoms. The fourth-order valence-corrected chi connectivity index (χ4v) is 1.42. The molecule has 0 aliphatic heterocycles. The Morgan fingerprint density at radius 1 is 1.18 bits per heavy atom. The summed E-state index contributed by atoms with van der Waals surface area (Å²) >= 11 is 0. The highest BCUT2D eigenvalue weighted by molar-refractivity contribution is 5.76. The third-order valence-electron chi connectivity index (χ3n) is 2.40. The van der Waals surface area contributed by atoms with Gasteiger partial charge in [0.25, 0.3) is 0 Å². The van der Waals surface area contributed by atoms with Crippen LogP contribution in [-0.2, 0) is 14.3 Å². The van der Waals surface area contributed by atoms with Crippen LogP contribution in [0.2, 0.25) is 0 Å². The second-order valence-corrected chi connectivity index (χ2v) is 4.53. The van der Waals surface area contributed by atoms with Gasteiger partial charge in [0, 0.05) is 33.7 Å². The Labute approximate surface area is 104 Å². The molecule has 1 atom stereocenters. The maximum Gasteiger partial charge on any atom is 0.221 e. The lowest BCUT2D eigenvalue weighted by molar-refractivity contribution is -0.123. The normalized spacial score (nSPS) is 13.1. The molecule has 2 N–H and O–H groups in total. The van der Waals surface area contributed by atoms with Gasteiger partial charge >= 0.3 is 0 Å². The predicted molar refractivity (Wildman–Crippen MR) is 67.7 cm³/mol. The van der Waals surface area contributed by atoms with Crippen LogP contribution in [0.15, 0.2) is 0 Å². The minimum Gasteiger partial charge on any atom is -0.356 e. The molecule has 0 aliphatic rings. The van der Waals surface area contributed by atoms with Gasteiger partial charge in [0.05, 0.1) is 6.04 Å². The minimum absolute atomic E-state index is 0.0582. The molecule has 1 unspecified atom stereocenters. The lowest BCUT2D eigenvalue weighted by atomic mass is 10.2. The summed E-state index contributed by atoms with van der Waals surface area (Å²) < 4.78 is 10.2. The van der Waals surface area contributed by atoms with Crippen LogP contribution in [-0.4, -0.2) is 45.5 Å². The number of methoxy groups -OCH3 is 2. The summed E-state index contributed by atoms with van der Waals surface area (Å²) in [6.07, 6.45) is 0.186. The van der Waals surface area contributed by atoms with Crippen LogP contribution < -0.4 is 10.6 Å². The first-order chi connectivity index (χ1) is 8.01. The first kappa shape index (κ1) is 16.4. The zero-order valence-electron chi connectivity index (χ0n) is 11.6. The summed E-state index contributed by atoms with van der Waals surface area (Å²) in [4.78, 5) is 11.4. The van der Waals surface area contributed by atoms with Crippen LogP contribution in [0, 0.1) is 5.92 Å². The second-order valence-electron chi connectivity index (χ2n) is 4.53. The van der Waals surface area contributed by atoms with E-state index in [1.54, 1.807) is 14.2 Å². The van der Waals surface area contributed by atoms with Crippen molar-refractivity contribution >= 4 is 5.91 Å². The molecular formula is C12H26N2O3. The molecule has 0 aliphatic carbocycles. The average Bonchev–Trinajstić information content (AvgIpc) is 2.28. The summed E-state index contributed by atoms with van der Waals surface area (Å²) in [7, 11) is 3.20. The largest absolute Gasteiger partial charge is 0.356 e. The molecule has 0 saturated carbocycles. The SMILES string of the molecule is COC(OC)C(C)NCCC(=O)NCC(C)C. The fraction of sp³-hybridized carbons (Fsp3) is 0.917. The fourth-order valence-electron chi connectivity index (χ4n) is 1.42. The van der Waals surface area contributed by atoms with E-state index in [-0.39, 0.29) is 18.2 Å². The second kappa shape index (κ2) is 9.39. The van der Waals surface area contributed by atoms with Crippen LogP contribution >= 0.6 is 0 Å². The topological polar surface area (TPSA) is 59.6 Å². The number of hydrogen-bond acceptors (Lipinski definition) is 4. The number of ether oxygens (including phenoxy) is 2. The summed E-state index contributed by atoms with van der Waals surface area (Å²) in [5.74, 6) is 0.557. The molecule has 5 nitrogen and oxygen atoms in total. The van der Waals surface area contributed by atoms with Gasteiger partial charge in [-0.05, 0) is 12.8 Å². The Hall–Kier alpha value is -0.650. The molecule has 0 spiro atoms. The maximum absolute atomic E-state index is 11.4. The van der Waals surface area contributed by atoms with Gasteiger partial charge in [0.2, 0.25) is 5.91 Å². The number of hydrogen-bond donors (Lipinski definition) is 2. The highest BCUT2D eigenvalue weighted by Gasteiger charge is 2.14. The molecule has 0 saturated heterocycles. The maximum atomic E-state index is 11.4.